The zero-order chi connectivity index (χ0) is 17.5. The first kappa shape index (κ1) is 17.2. The van der Waals surface area contributed by atoms with Crippen molar-refractivity contribution in [3.05, 3.63) is 59.7 Å². The van der Waals surface area contributed by atoms with Crippen molar-refractivity contribution in [2.24, 2.45) is 4.99 Å². The molecule has 1 fully saturated rings. The number of aliphatic imine (C=N–C) groups is 1. The third-order valence-corrected chi connectivity index (χ3v) is 4.36. The molecule has 0 radical (unpaired) electrons. The molecule has 0 bridgehead atoms. The second kappa shape index (κ2) is 8.47. The highest BCUT2D eigenvalue weighted by Gasteiger charge is 2.10. The van der Waals surface area contributed by atoms with Crippen LogP contribution in [-0.4, -0.2) is 31.9 Å². The van der Waals surface area contributed by atoms with Gasteiger partial charge in [0, 0.05) is 25.0 Å². The summed E-state index contributed by atoms with van der Waals surface area (Å²) in [7, 11) is 0. The summed E-state index contributed by atoms with van der Waals surface area (Å²) in [6.45, 7) is 4.49. The van der Waals surface area contributed by atoms with Crippen LogP contribution in [0, 0.1) is 0 Å². The summed E-state index contributed by atoms with van der Waals surface area (Å²) in [5, 5.41) is 0. The Morgan fingerprint density at radius 3 is 2.36 bits per heavy atom. The molecular formula is C21H24N2O2. The first-order valence-electron chi connectivity index (χ1n) is 8.92. The van der Waals surface area contributed by atoms with Gasteiger partial charge < -0.3 is 9.64 Å². The first-order chi connectivity index (χ1) is 12.3. The molecule has 25 heavy (non-hydrogen) atoms. The van der Waals surface area contributed by atoms with Gasteiger partial charge in [0.1, 0.15) is 0 Å². The molecule has 2 aromatic rings. The number of ether oxygens (including phenoxy) is 1. The number of carbonyl (C=O) groups excluding carboxylic acids is 1. The van der Waals surface area contributed by atoms with E-state index in [0.29, 0.717) is 12.2 Å². The van der Waals surface area contributed by atoms with Gasteiger partial charge in [-0.2, -0.15) is 0 Å². The first-order valence-corrected chi connectivity index (χ1v) is 8.92. The zero-order valence-electron chi connectivity index (χ0n) is 14.6. The minimum atomic E-state index is -0.300. The van der Waals surface area contributed by atoms with Crippen LogP contribution in [0.1, 0.15) is 42.1 Å². The Morgan fingerprint density at radius 1 is 1.04 bits per heavy atom. The molecule has 1 heterocycles. The van der Waals surface area contributed by atoms with E-state index in [1.54, 1.807) is 19.1 Å². The Morgan fingerprint density at radius 2 is 1.72 bits per heavy atom. The third kappa shape index (κ3) is 4.69. The summed E-state index contributed by atoms with van der Waals surface area (Å²) in [5.74, 6) is -0.300. The maximum Gasteiger partial charge on any atom is 0.338 e. The molecule has 0 atom stereocenters. The number of rotatable bonds is 5. The Hall–Kier alpha value is -2.62. The number of piperidine rings is 1. The number of anilines is 1. The lowest BCUT2D eigenvalue weighted by Crippen LogP contribution is -2.29. The van der Waals surface area contributed by atoms with Crippen LogP contribution in [0.25, 0.3) is 0 Å². The van der Waals surface area contributed by atoms with Crippen molar-refractivity contribution >= 4 is 23.6 Å². The SMILES string of the molecule is CCOC(=O)c1ccc(N=Cc2ccc(N3CCCCC3)cc2)cc1. The Bertz CT molecular complexity index is 715. The molecule has 1 saturated heterocycles. The average Bonchev–Trinajstić information content (AvgIpc) is 2.68. The summed E-state index contributed by atoms with van der Waals surface area (Å²) < 4.78 is 4.98. The maximum absolute atomic E-state index is 11.6. The van der Waals surface area contributed by atoms with E-state index in [2.05, 4.69) is 34.2 Å². The molecule has 4 heteroatoms. The Balaban J connectivity index is 1.62. The molecule has 0 aromatic heterocycles. The molecule has 1 aliphatic rings. The second-order valence-electron chi connectivity index (χ2n) is 6.16. The molecule has 3 rings (SSSR count). The summed E-state index contributed by atoms with van der Waals surface area (Å²) in [6, 6.07) is 15.7. The number of nitrogens with zero attached hydrogens (tertiary/aromatic N) is 2. The molecule has 1 aliphatic heterocycles. The van der Waals surface area contributed by atoms with Crippen LogP contribution >= 0.6 is 0 Å². The normalized spacial score (nSPS) is 14.7. The molecule has 130 valence electrons. The number of benzene rings is 2. The zero-order valence-corrected chi connectivity index (χ0v) is 14.6. The van der Waals surface area contributed by atoms with E-state index in [9.17, 15) is 4.79 Å². The standard InChI is InChI=1S/C21H24N2O2/c1-2-25-21(24)18-8-10-19(11-9-18)22-16-17-6-12-20(13-7-17)23-14-4-3-5-15-23/h6-13,16H,2-5,14-15H2,1H3. The topological polar surface area (TPSA) is 41.9 Å². The van der Waals surface area contributed by atoms with Gasteiger partial charge in [-0.3, -0.25) is 4.99 Å². The van der Waals surface area contributed by atoms with Gasteiger partial charge in [0.05, 0.1) is 17.9 Å². The molecule has 2 aromatic carbocycles. The van der Waals surface area contributed by atoms with Crippen LogP contribution in [0.3, 0.4) is 0 Å². The van der Waals surface area contributed by atoms with Crippen molar-refractivity contribution in [2.75, 3.05) is 24.6 Å². The summed E-state index contributed by atoms with van der Waals surface area (Å²) in [4.78, 5) is 18.6. The predicted octanol–water partition coefficient (Wildman–Crippen LogP) is 4.60. The van der Waals surface area contributed by atoms with Crippen molar-refractivity contribution < 1.29 is 9.53 Å². The summed E-state index contributed by atoms with van der Waals surface area (Å²) in [6.07, 6.45) is 5.76. The number of hydrogen-bond acceptors (Lipinski definition) is 4. The van der Waals surface area contributed by atoms with Crippen molar-refractivity contribution in [3.8, 4) is 0 Å². The van der Waals surface area contributed by atoms with Crippen molar-refractivity contribution in [3.63, 3.8) is 0 Å². The van der Waals surface area contributed by atoms with Gasteiger partial charge in [0.2, 0.25) is 0 Å². The molecule has 0 unspecified atom stereocenters. The van der Waals surface area contributed by atoms with Crippen molar-refractivity contribution in [2.45, 2.75) is 26.2 Å². The van der Waals surface area contributed by atoms with Gasteiger partial charge in [-0.15, -0.1) is 0 Å². The number of carbonyl (C=O) groups is 1. The van der Waals surface area contributed by atoms with E-state index in [4.69, 9.17) is 4.74 Å². The fourth-order valence-corrected chi connectivity index (χ4v) is 2.97. The second-order valence-corrected chi connectivity index (χ2v) is 6.16. The molecular weight excluding hydrogens is 312 g/mol. The van der Waals surface area contributed by atoms with Gasteiger partial charge in [-0.1, -0.05) is 12.1 Å². The van der Waals surface area contributed by atoms with E-state index in [-0.39, 0.29) is 5.97 Å². The molecule has 4 nitrogen and oxygen atoms in total. The smallest absolute Gasteiger partial charge is 0.338 e. The average molecular weight is 336 g/mol. The van der Waals surface area contributed by atoms with Gasteiger partial charge >= 0.3 is 5.97 Å². The van der Waals surface area contributed by atoms with Crippen LogP contribution in [0.5, 0.6) is 0 Å². The highest BCUT2D eigenvalue weighted by molar-refractivity contribution is 5.90. The maximum atomic E-state index is 11.6. The van der Waals surface area contributed by atoms with E-state index >= 15 is 0 Å². The van der Waals surface area contributed by atoms with Crippen LogP contribution in [0.4, 0.5) is 11.4 Å². The van der Waals surface area contributed by atoms with Crippen LogP contribution in [0.2, 0.25) is 0 Å². The van der Waals surface area contributed by atoms with E-state index in [1.807, 2.05) is 18.3 Å². The lowest BCUT2D eigenvalue weighted by Gasteiger charge is -2.28. The third-order valence-electron chi connectivity index (χ3n) is 4.36. The highest BCUT2D eigenvalue weighted by Crippen LogP contribution is 2.20. The molecule has 0 spiro atoms. The van der Waals surface area contributed by atoms with E-state index < -0.39 is 0 Å². The largest absolute Gasteiger partial charge is 0.462 e. The quantitative estimate of drug-likeness (QED) is 0.592. The summed E-state index contributed by atoms with van der Waals surface area (Å²) in [5.41, 5.74) is 3.71. The molecule has 0 saturated carbocycles. The molecule has 0 amide bonds. The minimum Gasteiger partial charge on any atom is -0.462 e. The monoisotopic (exact) mass is 336 g/mol. The van der Waals surface area contributed by atoms with Gasteiger partial charge in [0.25, 0.3) is 0 Å². The summed E-state index contributed by atoms with van der Waals surface area (Å²) >= 11 is 0. The van der Waals surface area contributed by atoms with Gasteiger partial charge in [-0.25, -0.2) is 4.79 Å². The van der Waals surface area contributed by atoms with E-state index in [0.717, 1.165) is 24.3 Å². The van der Waals surface area contributed by atoms with Crippen LogP contribution < -0.4 is 4.90 Å². The molecule has 0 N–H and O–H groups in total. The Labute approximate surface area is 149 Å². The van der Waals surface area contributed by atoms with Crippen molar-refractivity contribution in [1.82, 2.24) is 0 Å². The van der Waals surface area contributed by atoms with Gasteiger partial charge in [-0.05, 0) is 68.1 Å². The lowest BCUT2D eigenvalue weighted by atomic mass is 10.1. The predicted molar refractivity (Wildman–Crippen MR) is 102 cm³/mol. The van der Waals surface area contributed by atoms with Crippen LogP contribution in [0.15, 0.2) is 53.5 Å². The fraction of sp³-hybridized carbons (Fsp3) is 0.333. The Kier molecular flexibility index (Phi) is 5.83. The highest BCUT2D eigenvalue weighted by atomic mass is 16.5. The van der Waals surface area contributed by atoms with Crippen LogP contribution in [-0.2, 0) is 4.74 Å². The number of hydrogen-bond donors (Lipinski definition) is 0. The lowest BCUT2D eigenvalue weighted by molar-refractivity contribution is 0.0526. The number of esters is 1. The van der Waals surface area contributed by atoms with Crippen molar-refractivity contribution in [1.29, 1.82) is 0 Å². The minimum absolute atomic E-state index is 0.300. The molecule has 0 aliphatic carbocycles. The fourth-order valence-electron chi connectivity index (χ4n) is 2.97. The van der Waals surface area contributed by atoms with Gasteiger partial charge in [0.15, 0.2) is 0 Å². The van der Waals surface area contributed by atoms with E-state index in [1.165, 1.54) is 24.9 Å².